The maximum absolute atomic E-state index is 12.6. The predicted molar refractivity (Wildman–Crippen MR) is 55.4 cm³/mol. The van der Waals surface area contributed by atoms with Gasteiger partial charge < -0.3 is 10.0 Å². The van der Waals surface area contributed by atoms with Crippen molar-refractivity contribution in [1.82, 2.24) is 0 Å². The van der Waals surface area contributed by atoms with Gasteiger partial charge in [-0.1, -0.05) is 26.0 Å². The van der Waals surface area contributed by atoms with E-state index >= 15 is 0 Å². The van der Waals surface area contributed by atoms with E-state index < -0.39 is 24.3 Å². The summed E-state index contributed by atoms with van der Waals surface area (Å²) in [7, 11) is -2.11. The Morgan fingerprint density at radius 3 is 2.12 bits per heavy atom. The number of rotatable bonds is 2. The van der Waals surface area contributed by atoms with Crippen LogP contribution in [-0.4, -0.2) is 17.2 Å². The zero-order chi connectivity index (χ0) is 12.5. The molecule has 0 saturated heterocycles. The largest absolute Gasteiger partial charge is 0.489 e. The maximum atomic E-state index is 12.6. The minimum absolute atomic E-state index is 0.0500. The first-order valence-corrected chi connectivity index (χ1v) is 4.80. The summed E-state index contributed by atoms with van der Waals surface area (Å²) in [5.74, 6) is -0.0500. The first-order valence-electron chi connectivity index (χ1n) is 4.80. The number of hydrogen-bond donors (Lipinski definition) is 2. The van der Waals surface area contributed by atoms with Crippen molar-refractivity contribution in [3.63, 3.8) is 0 Å². The maximum Gasteiger partial charge on any atom is 0.489 e. The molecule has 0 fully saturated rings. The fraction of sp³-hybridized carbons (Fsp3) is 0.400. The van der Waals surface area contributed by atoms with Crippen molar-refractivity contribution in [2.24, 2.45) is 0 Å². The summed E-state index contributed by atoms with van der Waals surface area (Å²) in [5, 5.41) is 17.7. The second-order valence-corrected chi connectivity index (χ2v) is 3.87. The Morgan fingerprint density at radius 1 is 1.19 bits per heavy atom. The summed E-state index contributed by atoms with van der Waals surface area (Å²) < 4.78 is 37.9. The number of benzene rings is 1. The quantitative estimate of drug-likeness (QED) is 0.758. The Balaban J connectivity index is 3.33. The highest BCUT2D eigenvalue weighted by Crippen LogP contribution is 2.30. The van der Waals surface area contributed by atoms with Gasteiger partial charge in [-0.2, -0.15) is 13.2 Å². The van der Waals surface area contributed by atoms with Crippen LogP contribution in [0.4, 0.5) is 13.2 Å². The number of alkyl halides is 3. The van der Waals surface area contributed by atoms with Crippen LogP contribution in [0.25, 0.3) is 0 Å². The number of halogens is 3. The van der Waals surface area contributed by atoms with Crippen LogP contribution in [0, 0.1) is 0 Å². The summed E-state index contributed by atoms with van der Waals surface area (Å²) in [6, 6.07) is 3.52. The van der Waals surface area contributed by atoms with Gasteiger partial charge in [0.1, 0.15) is 0 Å². The van der Waals surface area contributed by atoms with E-state index in [9.17, 15) is 13.2 Å². The Morgan fingerprint density at radius 2 is 1.75 bits per heavy atom. The molecule has 0 bridgehead atoms. The molecule has 0 amide bonds. The zero-order valence-corrected chi connectivity index (χ0v) is 8.92. The lowest BCUT2D eigenvalue weighted by Gasteiger charge is -2.15. The molecule has 0 aliphatic rings. The molecule has 88 valence electrons. The fourth-order valence-corrected chi connectivity index (χ4v) is 1.40. The van der Waals surface area contributed by atoms with E-state index in [1.165, 1.54) is 6.07 Å². The number of hydrogen-bond acceptors (Lipinski definition) is 2. The minimum Gasteiger partial charge on any atom is -0.423 e. The van der Waals surface area contributed by atoms with Crippen molar-refractivity contribution in [2.75, 3.05) is 0 Å². The SMILES string of the molecule is CC(C)c1ccc(B(O)O)c(C(F)(F)F)c1. The fourth-order valence-electron chi connectivity index (χ4n) is 1.40. The Kier molecular flexibility index (Phi) is 3.65. The molecule has 1 aromatic carbocycles. The van der Waals surface area contributed by atoms with Crippen LogP contribution in [0.2, 0.25) is 0 Å². The van der Waals surface area contributed by atoms with Gasteiger partial charge in [-0.25, -0.2) is 0 Å². The van der Waals surface area contributed by atoms with Crippen molar-refractivity contribution < 1.29 is 23.2 Å². The van der Waals surface area contributed by atoms with Crippen LogP contribution >= 0.6 is 0 Å². The van der Waals surface area contributed by atoms with Crippen molar-refractivity contribution >= 4 is 12.6 Å². The Bertz CT molecular complexity index is 375. The Hall–Kier alpha value is -1.01. The molecule has 1 rings (SSSR count). The van der Waals surface area contributed by atoms with Crippen LogP contribution in [0.3, 0.4) is 0 Å². The van der Waals surface area contributed by atoms with E-state index in [4.69, 9.17) is 10.0 Å². The molecule has 0 unspecified atom stereocenters. The third kappa shape index (κ3) is 2.77. The summed E-state index contributed by atoms with van der Waals surface area (Å²) in [6.45, 7) is 3.54. The second kappa shape index (κ2) is 4.47. The van der Waals surface area contributed by atoms with E-state index in [1.54, 1.807) is 13.8 Å². The van der Waals surface area contributed by atoms with E-state index in [0.29, 0.717) is 5.56 Å². The van der Waals surface area contributed by atoms with Crippen molar-refractivity contribution in [2.45, 2.75) is 25.9 Å². The van der Waals surface area contributed by atoms with Gasteiger partial charge in [0, 0.05) is 0 Å². The summed E-state index contributed by atoms with van der Waals surface area (Å²) >= 11 is 0. The highest BCUT2D eigenvalue weighted by atomic mass is 19.4. The van der Waals surface area contributed by atoms with Gasteiger partial charge in [0.15, 0.2) is 0 Å². The lowest BCUT2D eigenvalue weighted by atomic mass is 9.75. The van der Waals surface area contributed by atoms with Gasteiger partial charge in [-0.3, -0.25) is 0 Å². The average molecular weight is 232 g/mol. The van der Waals surface area contributed by atoms with Gasteiger partial charge in [0.05, 0.1) is 5.56 Å². The minimum atomic E-state index is -4.58. The first-order chi connectivity index (χ1) is 7.23. The van der Waals surface area contributed by atoms with E-state index in [1.807, 2.05) is 0 Å². The van der Waals surface area contributed by atoms with Crippen LogP contribution in [-0.2, 0) is 6.18 Å². The first kappa shape index (κ1) is 13.1. The molecule has 1 aromatic rings. The molecule has 0 aromatic heterocycles. The third-order valence-electron chi connectivity index (χ3n) is 2.33. The molecule has 0 atom stereocenters. The van der Waals surface area contributed by atoms with Gasteiger partial charge in [-0.05, 0) is 23.0 Å². The molecular weight excluding hydrogens is 220 g/mol. The molecule has 6 heteroatoms. The monoisotopic (exact) mass is 232 g/mol. The lowest BCUT2D eigenvalue weighted by molar-refractivity contribution is -0.136. The van der Waals surface area contributed by atoms with Crippen LogP contribution in [0.5, 0.6) is 0 Å². The van der Waals surface area contributed by atoms with Gasteiger partial charge in [-0.15, -0.1) is 0 Å². The third-order valence-corrected chi connectivity index (χ3v) is 2.33. The predicted octanol–water partition coefficient (Wildman–Crippen LogP) is 1.51. The van der Waals surface area contributed by atoms with Gasteiger partial charge in [0.2, 0.25) is 0 Å². The highest BCUT2D eigenvalue weighted by molar-refractivity contribution is 6.59. The zero-order valence-electron chi connectivity index (χ0n) is 8.92. The van der Waals surface area contributed by atoms with Crippen LogP contribution in [0.1, 0.15) is 30.9 Å². The van der Waals surface area contributed by atoms with E-state index in [2.05, 4.69) is 0 Å². The van der Waals surface area contributed by atoms with Gasteiger partial charge in [0.25, 0.3) is 0 Å². The van der Waals surface area contributed by atoms with Crippen molar-refractivity contribution in [1.29, 1.82) is 0 Å². The van der Waals surface area contributed by atoms with E-state index in [-0.39, 0.29) is 5.92 Å². The molecule has 0 heterocycles. The topological polar surface area (TPSA) is 40.5 Å². The standard InChI is InChI=1S/C10H12BF3O2/c1-6(2)7-3-4-9(11(15)16)8(5-7)10(12,13)14/h3-6,15-16H,1-2H3. The molecule has 0 aliphatic carbocycles. The normalized spacial score (nSPS) is 12.0. The van der Waals surface area contributed by atoms with E-state index in [0.717, 1.165) is 12.1 Å². The van der Waals surface area contributed by atoms with Crippen molar-refractivity contribution in [3.05, 3.63) is 29.3 Å². The van der Waals surface area contributed by atoms with Crippen LogP contribution in [0.15, 0.2) is 18.2 Å². The molecule has 2 N–H and O–H groups in total. The smallest absolute Gasteiger partial charge is 0.423 e. The Labute approximate surface area is 91.9 Å². The molecule has 0 spiro atoms. The lowest BCUT2D eigenvalue weighted by Crippen LogP contribution is -2.36. The summed E-state index contributed by atoms with van der Waals surface area (Å²) in [6.07, 6.45) is -4.58. The average Bonchev–Trinajstić information content (AvgIpc) is 2.15. The second-order valence-electron chi connectivity index (χ2n) is 3.87. The van der Waals surface area contributed by atoms with Crippen molar-refractivity contribution in [3.8, 4) is 0 Å². The summed E-state index contributed by atoms with van der Waals surface area (Å²) in [4.78, 5) is 0. The molecule has 2 nitrogen and oxygen atoms in total. The van der Waals surface area contributed by atoms with Crippen LogP contribution < -0.4 is 5.46 Å². The summed E-state index contributed by atoms with van der Waals surface area (Å²) in [5.41, 5.74) is -0.998. The highest BCUT2D eigenvalue weighted by Gasteiger charge is 2.36. The molecular formula is C10H12BF3O2. The molecule has 0 radical (unpaired) electrons. The molecule has 0 saturated carbocycles. The molecule has 0 aliphatic heterocycles. The van der Waals surface area contributed by atoms with Gasteiger partial charge >= 0.3 is 13.3 Å². The molecule has 16 heavy (non-hydrogen) atoms.